The summed E-state index contributed by atoms with van der Waals surface area (Å²) < 4.78 is 11.7. The lowest BCUT2D eigenvalue weighted by Gasteiger charge is -2.41. The number of urea groups is 1. The number of nitrogens with two attached hydrogens (primary N) is 1. The van der Waals surface area contributed by atoms with Crippen molar-refractivity contribution in [1.82, 2.24) is 9.80 Å². The minimum atomic E-state index is -0.0630. The zero-order valence-corrected chi connectivity index (χ0v) is 16.7. The van der Waals surface area contributed by atoms with Crippen LogP contribution in [0.15, 0.2) is 54.6 Å². The van der Waals surface area contributed by atoms with Gasteiger partial charge in [-0.1, -0.05) is 42.5 Å². The van der Waals surface area contributed by atoms with Crippen LogP contribution < -0.4 is 10.5 Å². The molecule has 2 aliphatic heterocycles. The van der Waals surface area contributed by atoms with E-state index in [2.05, 4.69) is 24.3 Å². The average Bonchev–Trinajstić information content (AvgIpc) is 2.79. The molecule has 2 amide bonds. The fourth-order valence-electron chi connectivity index (χ4n) is 4.15. The Balaban J connectivity index is 1.52. The molecule has 2 aromatic rings. The highest BCUT2D eigenvalue weighted by Crippen LogP contribution is 2.30. The Bertz CT molecular complexity index is 808. The number of likely N-dealkylation sites (tertiary alicyclic amines) is 1. The average molecular weight is 396 g/mol. The number of carbonyl (C=O) groups excluding carboxylic acids is 1. The van der Waals surface area contributed by atoms with Crippen LogP contribution in [0.5, 0.6) is 5.75 Å². The lowest BCUT2D eigenvalue weighted by molar-refractivity contribution is 0.0303. The van der Waals surface area contributed by atoms with Gasteiger partial charge in [0.1, 0.15) is 11.9 Å². The zero-order valence-electron chi connectivity index (χ0n) is 16.7. The molecular weight excluding hydrogens is 366 g/mol. The fraction of sp³-hybridized carbons (Fsp3) is 0.435. The van der Waals surface area contributed by atoms with Crippen LogP contribution in [-0.2, 0) is 11.3 Å². The van der Waals surface area contributed by atoms with Crippen molar-refractivity contribution in [2.24, 2.45) is 5.73 Å². The first-order valence-electron chi connectivity index (χ1n) is 10.3. The summed E-state index contributed by atoms with van der Waals surface area (Å²) in [5.41, 5.74) is 8.06. The van der Waals surface area contributed by atoms with Gasteiger partial charge in [0.15, 0.2) is 0 Å². The maximum absolute atomic E-state index is 13.2. The summed E-state index contributed by atoms with van der Waals surface area (Å²) in [4.78, 5) is 17.0. The van der Waals surface area contributed by atoms with E-state index in [9.17, 15) is 4.79 Å². The summed E-state index contributed by atoms with van der Waals surface area (Å²) in [6, 6.07) is 18.4. The van der Waals surface area contributed by atoms with Crippen LogP contribution >= 0.6 is 0 Å². The van der Waals surface area contributed by atoms with E-state index in [1.165, 1.54) is 5.56 Å². The largest absolute Gasteiger partial charge is 0.489 e. The van der Waals surface area contributed by atoms with Crippen LogP contribution in [0, 0.1) is 0 Å². The van der Waals surface area contributed by atoms with Crippen molar-refractivity contribution in [3.05, 3.63) is 65.7 Å². The van der Waals surface area contributed by atoms with E-state index >= 15 is 0 Å². The summed E-state index contributed by atoms with van der Waals surface area (Å²) in [6.45, 7) is 4.29. The van der Waals surface area contributed by atoms with Gasteiger partial charge < -0.3 is 25.0 Å². The number of benzene rings is 2. The van der Waals surface area contributed by atoms with Crippen molar-refractivity contribution >= 4 is 6.03 Å². The van der Waals surface area contributed by atoms with Crippen LogP contribution in [0.3, 0.4) is 0 Å². The summed E-state index contributed by atoms with van der Waals surface area (Å²) in [5, 5.41) is 0. The molecule has 4 rings (SSSR count). The molecule has 29 heavy (non-hydrogen) atoms. The van der Waals surface area contributed by atoms with Crippen LogP contribution in [-0.4, -0.2) is 61.3 Å². The molecule has 0 spiro atoms. The van der Waals surface area contributed by atoms with E-state index in [0.29, 0.717) is 45.9 Å². The van der Waals surface area contributed by atoms with E-state index in [-0.39, 0.29) is 18.1 Å². The Morgan fingerprint density at radius 1 is 1.03 bits per heavy atom. The fourth-order valence-corrected chi connectivity index (χ4v) is 4.15. The molecule has 2 heterocycles. The third kappa shape index (κ3) is 4.89. The van der Waals surface area contributed by atoms with E-state index in [1.807, 2.05) is 40.1 Å². The molecule has 154 valence electrons. The highest BCUT2D eigenvalue weighted by molar-refractivity contribution is 5.75. The predicted molar refractivity (Wildman–Crippen MR) is 112 cm³/mol. The molecule has 0 saturated carbocycles. The van der Waals surface area contributed by atoms with Crippen molar-refractivity contribution in [3.63, 3.8) is 0 Å². The van der Waals surface area contributed by atoms with Gasteiger partial charge in [0.25, 0.3) is 0 Å². The molecule has 2 atom stereocenters. The van der Waals surface area contributed by atoms with Gasteiger partial charge in [-0.05, 0) is 29.7 Å². The highest BCUT2D eigenvalue weighted by atomic mass is 16.5. The Hall–Kier alpha value is -2.57. The number of carbonyl (C=O) groups is 1. The minimum absolute atomic E-state index is 0.0630. The van der Waals surface area contributed by atoms with Crippen molar-refractivity contribution in [2.75, 3.05) is 39.4 Å². The number of nitrogens with zero attached hydrogens (tertiary/aromatic N) is 2. The van der Waals surface area contributed by atoms with Crippen LogP contribution in [0.2, 0.25) is 0 Å². The van der Waals surface area contributed by atoms with Crippen molar-refractivity contribution < 1.29 is 14.3 Å². The summed E-state index contributed by atoms with van der Waals surface area (Å²) in [7, 11) is 0. The standard InChI is InChI=1S/C23H29N3O3/c24-15-18-5-4-8-21(13-18)29-22-14-20(19-6-2-1-3-7-19)16-26(17-22)23(27)25-9-11-28-12-10-25/h1-8,13,20,22H,9-12,14-17,24H2/t20-,22+/m1/s1. The van der Waals surface area contributed by atoms with Gasteiger partial charge >= 0.3 is 6.03 Å². The maximum Gasteiger partial charge on any atom is 0.320 e. The smallest absolute Gasteiger partial charge is 0.320 e. The second kappa shape index (κ2) is 9.29. The predicted octanol–water partition coefficient (Wildman–Crippen LogP) is 2.83. The molecule has 2 fully saturated rings. The third-order valence-corrected chi connectivity index (χ3v) is 5.67. The van der Waals surface area contributed by atoms with Crippen molar-refractivity contribution in [3.8, 4) is 5.75 Å². The normalized spacial score (nSPS) is 22.4. The van der Waals surface area contributed by atoms with E-state index < -0.39 is 0 Å². The molecule has 2 N–H and O–H groups in total. The number of rotatable bonds is 4. The lowest BCUT2D eigenvalue weighted by Crippen LogP contribution is -2.54. The number of hydrogen-bond acceptors (Lipinski definition) is 4. The van der Waals surface area contributed by atoms with E-state index in [0.717, 1.165) is 17.7 Å². The molecule has 0 unspecified atom stereocenters. The first kappa shape index (κ1) is 19.7. The van der Waals surface area contributed by atoms with Gasteiger partial charge in [-0.15, -0.1) is 0 Å². The first-order valence-corrected chi connectivity index (χ1v) is 10.3. The van der Waals surface area contributed by atoms with Gasteiger partial charge in [-0.2, -0.15) is 0 Å². The molecule has 2 aromatic carbocycles. The quantitative estimate of drug-likeness (QED) is 0.864. The first-order chi connectivity index (χ1) is 14.2. The monoisotopic (exact) mass is 395 g/mol. The van der Waals surface area contributed by atoms with Gasteiger partial charge in [0, 0.05) is 32.1 Å². The molecule has 0 bridgehead atoms. The molecule has 2 saturated heterocycles. The Labute approximate surface area is 172 Å². The Kier molecular flexibility index (Phi) is 6.32. The molecule has 0 aliphatic carbocycles. The van der Waals surface area contributed by atoms with Gasteiger partial charge in [-0.25, -0.2) is 4.79 Å². The van der Waals surface area contributed by atoms with Crippen molar-refractivity contribution in [2.45, 2.75) is 25.0 Å². The van der Waals surface area contributed by atoms with Gasteiger partial charge in [-0.3, -0.25) is 0 Å². The maximum atomic E-state index is 13.2. The molecule has 6 heteroatoms. The molecule has 2 aliphatic rings. The molecule has 6 nitrogen and oxygen atoms in total. The number of hydrogen-bond donors (Lipinski definition) is 1. The topological polar surface area (TPSA) is 68.0 Å². The number of piperidine rings is 1. The van der Waals surface area contributed by atoms with Crippen LogP contribution in [0.4, 0.5) is 4.79 Å². The van der Waals surface area contributed by atoms with Crippen LogP contribution in [0.25, 0.3) is 0 Å². The van der Waals surface area contributed by atoms with Gasteiger partial charge in [0.2, 0.25) is 0 Å². The van der Waals surface area contributed by atoms with E-state index in [1.54, 1.807) is 0 Å². The second-order valence-corrected chi connectivity index (χ2v) is 7.72. The van der Waals surface area contributed by atoms with Gasteiger partial charge in [0.05, 0.1) is 19.8 Å². The lowest BCUT2D eigenvalue weighted by atomic mass is 9.89. The number of amides is 2. The minimum Gasteiger partial charge on any atom is -0.489 e. The SMILES string of the molecule is NCc1cccc(O[C@H]2C[C@@H](c3ccccc3)CN(C(=O)N3CCOCC3)C2)c1. The molecule has 0 aromatic heterocycles. The number of ether oxygens (including phenoxy) is 2. The van der Waals surface area contributed by atoms with Crippen molar-refractivity contribution in [1.29, 1.82) is 0 Å². The second-order valence-electron chi connectivity index (χ2n) is 7.72. The van der Waals surface area contributed by atoms with E-state index in [4.69, 9.17) is 15.2 Å². The molecular formula is C23H29N3O3. The third-order valence-electron chi connectivity index (χ3n) is 5.67. The highest BCUT2D eigenvalue weighted by Gasteiger charge is 2.34. The molecule has 0 radical (unpaired) electrons. The Morgan fingerprint density at radius 3 is 2.59 bits per heavy atom. The Morgan fingerprint density at radius 2 is 1.83 bits per heavy atom. The van der Waals surface area contributed by atoms with Crippen LogP contribution in [0.1, 0.15) is 23.5 Å². The number of morpholine rings is 1. The zero-order chi connectivity index (χ0) is 20.1. The summed E-state index contributed by atoms with van der Waals surface area (Å²) in [5.74, 6) is 1.06. The summed E-state index contributed by atoms with van der Waals surface area (Å²) in [6.07, 6.45) is 0.816. The summed E-state index contributed by atoms with van der Waals surface area (Å²) >= 11 is 0.